The summed E-state index contributed by atoms with van der Waals surface area (Å²) in [6, 6.07) is 14.5. The van der Waals surface area contributed by atoms with Crippen molar-refractivity contribution in [3.05, 3.63) is 59.4 Å². The standard InChI is InChI=1S/C12H8ClF/c13-11-8-10(6-7-12(11)14)9-4-2-1-3-5-9/h1-8H. The number of hydrogen-bond donors (Lipinski definition) is 0. The van der Waals surface area contributed by atoms with Crippen LogP contribution in [-0.4, -0.2) is 0 Å². The van der Waals surface area contributed by atoms with Crippen LogP contribution in [0.2, 0.25) is 5.02 Å². The Morgan fingerprint density at radius 2 is 1.57 bits per heavy atom. The summed E-state index contributed by atoms with van der Waals surface area (Å²) in [6.45, 7) is 0. The van der Waals surface area contributed by atoms with E-state index in [-0.39, 0.29) is 10.8 Å². The van der Waals surface area contributed by atoms with Crippen LogP contribution < -0.4 is 0 Å². The van der Waals surface area contributed by atoms with Crippen molar-refractivity contribution in [2.75, 3.05) is 0 Å². The van der Waals surface area contributed by atoms with E-state index in [9.17, 15) is 4.39 Å². The quantitative estimate of drug-likeness (QED) is 0.658. The lowest BCUT2D eigenvalue weighted by Crippen LogP contribution is -1.80. The number of halogens is 2. The summed E-state index contributed by atoms with van der Waals surface area (Å²) in [7, 11) is 0. The third-order valence-corrected chi connectivity index (χ3v) is 2.32. The van der Waals surface area contributed by atoms with Crippen LogP contribution in [0.25, 0.3) is 11.1 Å². The van der Waals surface area contributed by atoms with Crippen molar-refractivity contribution < 1.29 is 4.39 Å². The van der Waals surface area contributed by atoms with Gasteiger partial charge in [0.05, 0.1) is 5.02 Å². The molecule has 0 saturated heterocycles. The molecule has 0 aromatic heterocycles. The van der Waals surface area contributed by atoms with E-state index in [1.54, 1.807) is 12.1 Å². The third kappa shape index (κ3) is 1.78. The lowest BCUT2D eigenvalue weighted by atomic mass is 10.1. The van der Waals surface area contributed by atoms with Gasteiger partial charge in [0.2, 0.25) is 0 Å². The largest absolute Gasteiger partial charge is 0.205 e. The molecule has 0 nitrogen and oxygen atoms in total. The van der Waals surface area contributed by atoms with Crippen molar-refractivity contribution in [2.24, 2.45) is 0 Å². The Balaban J connectivity index is 2.48. The predicted molar refractivity (Wildman–Crippen MR) is 56.8 cm³/mol. The van der Waals surface area contributed by atoms with Gasteiger partial charge in [0.15, 0.2) is 0 Å². The topological polar surface area (TPSA) is 0 Å². The van der Waals surface area contributed by atoms with Gasteiger partial charge in [-0.2, -0.15) is 0 Å². The molecule has 0 saturated carbocycles. The molecule has 0 aliphatic carbocycles. The number of hydrogen-bond acceptors (Lipinski definition) is 0. The fraction of sp³-hybridized carbons (Fsp3) is 0. The summed E-state index contributed by atoms with van der Waals surface area (Å²) < 4.78 is 12.9. The van der Waals surface area contributed by atoms with Crippen molar-refractivity contribution in [3.63, 3.8) is 0 Å². The molecule has 0 spiro atoms. The maximum absolute atomic E-state index is 12.9. The normalized spacial score (nSPS) is 10.1. The molecule has 14 heavy (non-hydrogen) atoms. The van der Waals surface area contributed by atoms with E-state index in [4.69, 9.17) is 11.6 Å². The highest BCUT2D eigenvalue weighted by Gasteiger charge is 2.01. The van der Waals surface area contributed by atoms with Gasteiger partial charge in [-0.05, 0) is 23.3 Å². The monoisotopic (exact) mass is 206 g/mol. The van der Waals surface area contributed by atoms with Crippen molar-refractivity contribution in [1.29, 1.82) is 0 Å². The highest BCUT2D eigenvalue weighted by Crippen LogP contribution is 2.24. The second kappa shape index (κ2) is 3.81. The Hall–Kier alpha value is -1.34. The van der Waals surface area contributed by atoms with E-state index < -0.39 is 0 Å². The molecule has 0 radical (unpaired) electrons. The van der Waals surface area contributed by atoms with Crippen LogP contribution in [0.5, 0.6) is 0 Å². The Morgan fingerprint density at radius 1 is 0.857 bits per heavy atom. The highest BCUT2D eigenvalue weighted by molar-refractivity contribution is 6.31. The second-order valence-corrected chi connectivity index (χ2v) is 3.40. The Labute approximate surface area is 87.0 Å². The van der Waals surface area contributed by atoms with Gasteiger partial charge in [-0.15, -0.1) is 0 Å². The average Bonchev–Trinajstić information content (AvgIpc) is 2.23. The van der Waals surface area contributed by atoms with Crippen LogP contribution in [0.4, 0.5) is 4.39 Å². The lowest BCUT2D eigenvalue weighted by Gasteiger charge is -2.01. The van der Waals surface area contributed by atoms with Crippen LogP contribution in [-0.2, 0) is 0 Å². The Kier molecular flexibility index (Phi) is 2.51. The zero-order valence-corrected chi connectivity index (χ0v) is 8.13. The maximum Gasteiger partial charge on any atom is 0.141 e. The molecule has 2 aromatic carbocycles. The van der Waals surface area contributed by atoms with Crippen LogP contribution >= 0.6 is 11.6 Å². The van der Waals surface area contributed by atoms with Gasteiger partial charge in [-0.25, -0.2) is 4.39 Å². The molecule has 0 aliphatic rings. The lowest BCUT2D eigenvalue weighted by molar-refractivity contribution is 0.628. The summed E-state index contributed by atoms with van der Waals surface area (Å²) in [5.74, 6) is -0.383. The summed E-state index contributed by atoms with van der Waals surface area (Å²) >= 11 is 5.69. The molecular formula is C12H8ClF. The van der Waals surface area contributed by atoms with Crippen LogP contribution in [0.15, 0.2) is 48.5 Å². The molecule has 0 atom stereocenters. The molecular weight excluding hydrogens is 199 g/mol. The van der Waals surface area contributed by atoms with Gasteiger partial charge in [-0.3, -0.25) is 0 Å². The molecule has 2 aromatic rings. The van der Waals surface area contributed by atoms with Crippen molar-refractivity contribution in [3.8, 4) is 11.1 Å². The van der Waals surface area contributed by atoms with Gasteiger partial charge in [-0.1, -0.05) is 48.0 Å². The molecule has 0 N–H and O–H groups in total. The molecule has 0 aliphatic heterocycles. The molecule has 0 heterocycles. The smallest absolute Gasteiger partial charge is 0.141 e. The molecule has 2 heteroatoms. The van der Waals surface area contributed by atoms with E-state index in [1.807, 2.05) is 30.3 Å². The second-order valence-electron chi connectivity index (χ2n) is 2.99. The van der Waals surface area contributed by atoms with Crippen LogP contribution in [0.3, 0.4) is 0 Å². The minimum absolute atomic E-state index is 0.159. The van der Waals surface area contributed by atoms with E-state index in [1.165, 1.54) is 6.07 Å². The van der Waals surface area contributed by atoms with Gasteiger partial charge >= 0.3 is 0 Å². The SMILES string of the molecule is Fc1ccc(-c2ccccc2)cc1Cl. The summed E-state index contributed by atoms with van der Waals surface area (Å²) in [4.78, 5) is 0. The molecule has 0 unspecified atom stereocenters. The Bertz CT molecular complexity index is 437. The zero-order valence-electron chi connectivity index (χ0n) is 7.37. The zero-order chi connectivity index (χ0) is 9.97. The molecule has 0 fully saturated rings. The highest BCUT2D eigenvalue weighted by atomic mass is 35.5. The third-order valence-electron chi connectivity index (χ3n) is 2.03. The van der Waals surface area contributed by atoms with Crippen molar-refractivity contribution in [1.82, 2.24) is 0 Å². The fourth-order valence-electron chi connectivity index (χ4n) is 1.31. The number of benzene rings is 2. The first-order valence-corrected chi connectivity index (χ1v) is 4.65. The average molecular weight is 207 g/mol. The van der Waals surface area contributed by atoms with E-state index in [0.717, 1.165) is 11.1 Å². The minimum Gasteiger partial charge on any atom is -0.205 e. The molecule has 2 rings (SSSR count). The fourth-order valence-corrected chi connectivity index (χ4v) is 1.49. The van der Waals surface area contributed by atoms with E-state index >= 15 is 0 Å². The first-order chi connectivity index (χ1) is 6.77. The van der Waals surface area contributed by atoms with Gasteiger partial charge < -0.3 is 0 Å². The first kappa shape index (κ1) is 9.22. The predicted octanol–water partition coefficient (Wildman–Crippen LogP) is 4.15. The number of rotatable bonds is 1. The van der Waals surface area contributed by atoms with Crippen LogP contribution in [0, 0.1) is 5.82 Å². The minimum atomic E-state index is -0.383. The van der Waals surface area contributed by atoms with Crippen LogP contribution in [0.1, 0.15) is 0 Å². The maximum atomic E-state index is 12.9. The van der Waals surface area contributed by atoms with Gasteiger partial charge in [0.1, 0.15) is 5.82 Å². The van der Waals surface area contributed by atoms with Crippen molar-refractivity contribution in [2.45, 2.75) is 0 Å². The van der Waals surface area contributed by atoms with E-state index in [2.05, 4.69) is 0 Å². The molecule has 0 bridgehead atoms. The van der Waals surface area contributed by atoms with Gasteiger partial charge in [0.25, 0.3) is 0 Å². The first-order valence-electron chi connectivity index (χ1n) is 4.28. The Morgan fingerprint density at radius 3 is 2.21 bits per heavy atom. The summed E-state index contributed by atoms with van der Waals surface area (Å²) in [5.41, 5.74) is 1.96. The van der Waals surface area contributed by atoms with Crippen molar-refractivity contribution >= 4 is 11.6 Å². The molecule has 0 amide bonds. The van der Waals surface area contributed by atoms with Gasteiger partial charge in [0, 0.05) is 0 Å². The summed E-state index contributed by atoms with van der Waals surface area (Å²) in [6.07, 6.45) is 0. The van der Waals surface area contributed by atoms with E-state index in [0.29, 0.717) is 0 Å². The molecule has 70 valence electrons. The summed E-state index contributed by atoms with van der Waals surface area (Å²) in [5, 5.41) is 0.159.